The molecule has 0 aliphatic heterocycles. The Morgan fingerprint density at radius 2 is 2.42 bits per heavy atom. The van der Waals surface area contributed by atoms with E-state index in [4.69, 9.17) is 18.0 Å². The molecular formula is C12H14ClN3O3. The summed E-state index contributed by atoms with van der Waals surface area (Å²) in [4.78, 5) is 23.0. The third-order valence-corrected chi connectivity index (χ3v) is 2.80. The van der Waals surface area contributed by atoms with Gasteiger partial charge in [0.25, 0.3) is 5.56 Å². The fraction of sp³-hybridized carbons (Fsp3) is 0.417. The number of terminal acetylenes is 1. The van der Waals surface area contributed by atoms with Crippen LogP contribution in [0.25, 0.3) is 0 Å². The molecule has 1 atom stereocenters. The van der Waals surface area contributed by atoms with Crippen molar-refractivity contribution in [2.24, 2.45) is 0 Å². The summed E-state index contributed by atoms with van der Waals surface area (Å²) < 4.78 is 5.38. The van der Waals surface area contributed by atoms with Crippen molar-refractivity contribution in [2.45, 2.75) is 25.9 Å². The average Bonchev–Trinajstić information content (AvgIpc) is 2.43. The summed E-state index contributed by atoms with van der Waals surface area (Å²) in [7, 11) is 1.23. The van der Waals surface area contributed by atoms with Gasteiger partial charge < -0.3 is 10.1 Å². The number of esters is 1. The van der Waals surface area contributed by atoms with Gasteiger partial charge >= 0.3 is 5.97 Å². The Morgan fingerprint density at radius 3 is 2.95 bits per heavy atom. The highest BCUT2D eigenvalue weighted by atomic mass is 35.5. The number of nitrogens with one attached hydrogen (secondary N) is 1. The van der Waals surface area contributed by atoms with E-state index in [9.17, 15) is 9.59 Å². The number of hydrogen-bond donors (Lipinski definition) is 1. The van der Waals surface area contributed by atoms with Crippen LogP contribution < -0.4 is 10.9 Å². The van der Waals surface area contributed by atoms with Gasteiger partial charge in [-0.25, -0.2) is 4.68 Å². The maximum atomic E-state index is 11.9. The monoisotopic (exact) mass is 283 g/mol. The first-order valence-corrected chi connectivity index (χ1v) is 5.96. The highest BCUT2D eigenvalue weighted by Gasteiger charge is 2.13. The molecule has 0 bridgehead atoms. The first-order valence-electron chi connectivity index (χ1n) is 5.58. The molecule has 102 valence electrons. The summed E-state index contributed by atoms with van der Waals surface area (Å²) in [5.74, 6) is 1.94. The minimum absolute atomic E-state index is 0.0624. The van der Waals surface area contributed by atoms with E-state index in [1.165, 1.54) is 13.3 Å². The molecule has 1 N–H and O–H groups in total. The van der Waals surface area contributed by atoms with Gasteiger partial charge in [-0.05, 0) is 6.42 Å². The number of carbonyl (C=O) groups excluding carboxylic acids is 1. The minimum atomic E-state index is -0.582. The summed E-state index contributed by atoms with van der Waals surface area (Å²) in [5, 5.41) is 6.70. The van der Waals surface area contributed by atoms with Crippen molar-refractivity contribution in [3.63, 3.8) is 0 Å². The van der Waals surface area contributed by atoms with Gasteiger partial charge in [0, 0.05) is 0 Å². The SMILES string of the molecule is C#CC(CC)Nc1cnn(CC(=O)OC)c(=O)c1Cl. The second-order valence-electron chi connectivity index (χ2n) is 3.68. The number of aromatic nitrogens is 2. The zero-order valence-electron chi connectivity index (χ0n) is 10.6. The molecule has 1 aromatic heterocycles. The maximum Gasteiger partial charge on any atom is 0.327 e. The van der Waals surface area contributed by atoms with E-state index in [1.807, 2.05) is 6.92 Å². The molecule has 1 heterocycles. The molecule has 7 heteroatoms. The summed E-state index contributed by atoms with van der Waals surface area (Å²) in [5.41, 5.74) is -0.235. The van der Waals surface area contributed by atoms with Crippen molar-refractivity contribution in [3.8, 4) is 12.3 Å². The molecule has 0 aliphatic rings. The zero-order valence-corrected chi connectivity index (χ0v) is 11.4. The van der Waals surface area contributed by atoms with E-state index in [2.05, 4.69) is 21.1 Å². The molecule has 19 heavy (non-hydrogen) atoms. The quantitative estimate of drug-likeness (QED) is 0.642. The van der Waals surface area contributed by atoms with Gasteiger partial charge in [0.1, 0.15) is 11.6 Å². The molecule has 1 rings (SSSR count). The van der Waals surface area contributed by atoms with Crippen molar-refractivity contribution in [3.05, 3.63) is 21.6 Å². The smallest absolute Gasteiger partial charge is 0.327 e. The van der Waals surface area contributed by atoms with Crippen molar-refractivity contribution >= 4 is 23.3 Å². The van der Waals surface area contributed by atoms with Crippen LogP contribution in [0.15, 0.2) is 11.0 Å². The first-order chi connectivity index (χ1) is 9.03. The maximum absolute atomic E-state index is 11.9. The number of carbonyl (C=O) groups is 1. The Morgan fingerprint density at radius 1 is 1.74 bits per heavy atom. The molecule has 0 fully saturated rings. The van der Waals surface area contributed by atoms with Crippen LogP contribution in [0.4, 0.5) is 5.69 Å². The fourth-order valence-electron chi connectivity index (χ4n) is 1.31. The largest absolute Gasteiger partial charge is 0.468 e. The number of rotatable bonds is 5. The summed E-state index contributed by atoms with van der Waals surface area (Å²) in [6, 6.07) is -0.241. The summed E-state index contributed by atoms with van der Waals surface area (Å²) >= 11 is 5.93. The van der Waals surface area contributed by atoms with Gasteiger partial charge in [-0.1, -0.05) is 24.4 Å². The lowest BCUT2D eigenvalue weighted by Crippen LogP contribution is -2.29. The Balaban J connectivity index is 3.01. The number of hydrogen-bond acceptors (Lipinski definition) is 5. The Bertz CT molecular complexity index is 562. The van der Waals surface area contributed by atoms with Crippen LogP contribution in [-0.2, 0) is 16.1 Å². The molecule has 1 unspecified atom stereocenters. The van der Waals surface area contributed by atoms with Crippen LogP contribution in [0.3, 0.4) is 0 Å². The van der Waals surface area contributed by atoms with Crippen LogP contribution in [-0.4, -0.2) is 28.9 Å². The van der Waals surface area contributed by atoms with E-state index in [0.29, 0.717) is 12.1 Å². The molecule has 0 aromatic carbocycles. The lowest BCUT2D eigenvalue weighted by molar-refractivity contribution is -0.141. The second kappa shape index (κ2) is 6.81. The Hall–Kier alpha value is -2.00. The van der Waals surface area contributed by atoms with E-state index in [0.717, 1.165) is 4.68 Å². The van der Waals surface area contributed by atoms with Crippen LogP contribution in [0.1, 0.15) is 13.3 Å². The van der Waals surface area contributed by atoms with Gasteiger partial charge in [-0.3, -0.25) is 9.59 Å². The average molecular weight is 284 g/mol. The molecule has 1 aromatic rings. The van der Waals surface area contributed by atoms with E-state index >= 15 is 0 Å². The summed E-state index contributed by atoms with van der Waals surface area (Å²) in [6.45, 7) is 1.61. The molecule has 0 saturated carbocycles. The van der Waals surface area contributed by atoms with E-state index < -0.39 is 11.5 Å². The van der Waals surface area contributed by atoms with Crippen LogP contribution in [0.5, 0.6) is 0 Å². The standard InChI is InChI=1S/C12H14ClN3O3/c1-4-8(5-2)15-9-6-14-16(7-10(17)19-3)12(18)11(9)13/h1,6,8,15H,5,7H2,2-3H3. The molecule has 0 saturated heterocycles. The van der Waals surface area contributed by atoms with Gasteiger partial charge in [-0.15, -0.1) is 6.42 Å². The molecule has 0 spiro atoms. The lowest BCUT2D eigenvalue weighted by Gasteiger charge is -2.13. The minimum Gasteiger partial charge on any atom is -0.468 e. The lowest BCUT2D eigenvalue weighted by atomic mass is 10.2. The molecule has 0 aliphatic carbocycles. The number of ether oxygens (including phenoxy) is 1. The predicted molar refractivity (Wildman–Crippen MR) is 72.1 cm³/mol. The van der Waals surface area contributed by atoms with Crippen LogP contribution in [0, 0.1) is 12.3 Å². The van der Waals surface area contributed by atoms with Crippen molar-refractivity contribution in [1.29, 1.82) is 0 Å². The zero-order chi connectivity index (χ0) is 14.4. The third-order valence-electron chi connectivity index (χ3n) is 2.43. The van der Waals surface area contributed by atoms with E-state index in [1.54, 1.807) is 0 Å². The number of anilines is 1. The van der Waals surface area contributed by atoms with Gasteiger partial charge in [0.15, 0.2) is 0 Å². The topological polar surface area (TPSA) is 73.2 Å². The van der Waals surface area contributed by atoms with E-state index in [-0.39, 0.29) is 17.6 Å². The normalized spacial score (nSPS) is 11.5. The predicted octanol–water partition coefficient (Wildman–Crippen LogP) is 0.893. The first kappa shape index (κ1) is 15.1. The summed E-state index contributed by atoms with van der Waals surface area (Å²) in [6.07, 6.45) is 7.35. The molecule has 6 nitrogen and oxygen atoms in total. The molecular weight excluding hydrogens is 270 g/mol. The second-order valence-corrected chi connectivity index (χ2v) is 4.06. The van der Waals surface area contributed by atoms with Crippen LogP contribution >= 0.6 is 11.6 Å². The van der Waals surface area contributed by atoms with Gasteiger partial charge in [-0.2, -0.15) is 5.10 Å². The highest BCUT2D eigenvalue weighted by Crippen LogP contribution is 2.16. The van der Waals surface area contributed by atoms with Crippen molar-refractivity contribution in [2.75, 3.05) is 12.4 Å². The van der Waals surface area contributed by atoms with Gasteiger partial charge in [0.05, 0.1) is 25.0 Å². The third kappa shape index (κ3) is 3.73. The van der Waals surface area contributed by atoms with Gasteiger partial charge in [0.2, 0.25) is 0 Å². The Labute approximate surface area is 115 Å². The number of halogens is 1. The fourth-order valence-corrected chi connectivity index (χ4v) is 1.52. The molecule has 0 radical (unpaired) electrons. The number of methoxy groups -OCH3 is 1. The number of nitrogens with zero attached hydrogens (tertiary/aromatic N) is 2. The van der Waals surface area contributed by atoms with Crippen LogP contribution in [0.2, 0.25) is 5.02 Å². The highest BCUT2D eigenvalue weighted by molar-refractivity contribution is 6.32. The van der Waals surface area contributed by atoms with Crippen molar-refractivity contribution in [1.82, 2.24) is 9.78 Å². The Kier molecular flexibility index (Phi) is 5.39. The molecule has 0 amide bonds. The van der Waals surface area contributed by atoms with Crippen molar-refractivity contribution < 1.29 is 9.53 Å².